The van der Waals surface area contributed by atoms with Crippen LogP contribution in [-0.2, 0) is 9.59 Å². The van der Waals surface area contributed by atoms with Crippen molar-refractivity contribution in [2.24, 2.45) is 5.41 Å². The number of aromatic nitrogens is 3. The van der Waals surface area contributed by atoms with Crippen LogP contribution >= 0.6 is 0 Å². The molecular formula is C11H19N5O2. The van der Waals surface area contributed by atoms with Crippen molar-refractivity contribution >= 4 is 17.8 Å². The fourth-order valence-corrected chi connectivity index (χ4v) is 1.10. The molecule has 0 bridgehead atoms. The molecule has 2 amide bonds. The van der Waals surface area contributed by atoms with Crippen LogP contribution in [0, 0.1) is 12.3 Å². The highest BCUT2D eigenvalue weighted by Gasteiger charge is 2.25. The summed E-state index contributed by atoms with van der Waals surface area (Å²) in [6.45, 7) is 8.69. The number of nitrogens with one attached hydrogen (secondary N) is 3. The van der Waals surface area contributed by atoms with E-state index in [-0.39, 0.29) is 17.8 Å². The molecule has 0 saturated heterocycles. The minimum atomic E-state index is -0.643. The van der Waals surface area contributed by atoms with Gasteiger partial charge in [-0.15, -0.1) is 5.10 Å². The van der Waals surface area contributed by atoms with E-state index in [9.17, 15) is 9.59 Å². The van der Waals surface area contributed by atoms with E-state index in [1.165, 1.54) is 0 Å². The number of hydrogen-bond donors (Lipinski definition) is 3. The van der Waals surface area contributed by atoms with Crippen LogP contribution in [0.15, 0.2) is 0 Å². The normalized spacial score (nSPS) is 12.9. The summed E-state index contributed by atoms with van der Waals surface area (Å²) in [6, 6.07) is -0.643. The molecule has 1 atom stereocenters. The predicted molar refractivity (Wildman–Crippen MR) is 66.8 cm³/mol. The van der Waals surface area contributed by atoms with E-state index in [0.717, 1.165) is 0 Å². The van der Waals surface area contributed by atoms with Crippen LogP contribution in [0.2, 0.25) is 0 Å². The van der Waals surface area contributed by atoms with Crippen LogP contribution in [0.25, 0.3) is 0 Å². The first kappa shape index (κ1) is 14.1. The number of hydrogen-bond acceptors (Lipinski definition) is 4. The molecule has 100 valence electrons. The van der Waals surface area contributed by atoms with E-state index < -0.39 is 11.5 Å². The maximum Gasteiger partial charge on any atom is 0.249 e. The molecule has 1 rings (SSSR count). The molecule has 7 heteroatoms. The van der Waals surface area contributed by atoms with Crippen LogP contribution in [0.4, 0.5) is 5.95 Å². The number of carbonyl (C=O) groups excluding carboxylic acids is 2. The lowest BCUT2D eigenvalue weighted by Crippen LogP contribution is -2.46. The zero-order valence-electron chi connectivity index (χ0n) is 11.3. The van der Waals surface area contributed by atoms with Gasteiger partial charge < -0.3 is 5.32 Å². The molecule has 1 aromatic rings. The van der Waals surface area contributed by atoms with Gasteiger partial charge in [-0.3, -0.25) is 20.0 Å². The Hall–Kier alpha value is -1.92. The molecule has 0 aliphatic heterocycles. The highest BCUT2D eigenvalue weighted by molar-refractivity contribution is 5.96. The molecule has 18 heavy (non-hydrogen) atoms. The summed E-state index contributed by atoms with van der Waals surface area (Å²) in [6.07, 6.45) is 0. The Kier molecular flexibility index (Phi) is 4.05. The third-order valence-electron chi connectivity index (χ3n) is 2.25. The number of aromatic amines is 1. The third-order valence-corrected chi connectivity index (χ3v) is 2.25. The molecule has 3 N–H and O–H groups in total. The Labute approximate surface area is 106 Å². The number of rotatable bonds is 3. The lowest BCUT2D eigenvalue weighted by atomic mass is 9.95. The van der Waals surface area contributed by atoms with E-state index in [1.807, 2.05) is 0 Å². The van der Waals surface area contributed by atoms with E-state index in [0.29, 0.717) is 5.82 Å². The summed E-state index contributed by atoms with van der Waals surface area (Å²) in [5.41, 5.74) is -0.532. The van der Waals surface area contributed by atoms with Crippen molar-refractivity contribution in [1.82, 2.24) is 20.5 Å². The van der Waals surface area contributed by atoms with Crippen molar-refractivity contribution in [3.63, 3.8) is 0 Å². The van der Waals surface area contributed by atoms with Crippen LogP contribution in [-0.4, -0.2) is 33.0 Å². The van der Waals surface area contributed by atoms with Crippen molar-refractivity contribution in [2.75, 3.05) is 5.32 Å². The van der Waals surface area contributed by atoms with Gasteiger partial charge in [0.2, 0.25) is 17.8 Å². The first-order chi connectivity index (χ1) is 8.20. The van der Waals surface area contributed by atoms with E-state index >= 15 is 0 Å². The molecule has 0 radical (unpaired) electrons. The van der Waals surface area contributed by atoms with E-state index in [1.54, 1.807) is 34.6 Å². The Morgan fingerprint density at radius 1 is 1.33 bits per heavy atom. The summed E-state index contributed by atoms with van der Waals surface area (Å²) in [5, 5.41) is 11.5. The second-order valence-corrected chi connectivity index (χ2v) is 5.18. The Morgan fingerprint density at radius 2 is 1.94 bits per heavy atom. The monoisotopic (exact) mass is 253 g/mol. The highest BCUT2D eigenvalue weighted by Crippen LogP contribution is 2.12. The minimum absolute atomic E-state index is 0.184. The number of H-pyrrole nitrogens is 1. The van der Waals surface area contributed by atoms with Gasteiger partial charge in [-0.05, 0) is 13.8 Å². The summed E-state index contributed by atoms with van der Waals surface area (Å²) in [7, 11) is 0. The van der Waals surface area contributed by atoms with Crippen molar-refractivity contribution in [3.8, 4) is 0 Å². The Bertz CT molecular complexity index is 447. The number of anilines is 1. The average molecular weight is 253 g/mol. The largest absolute Gasteiger partial charge is 0.344 e. The van der Waals surface area contributed by atoms with Gasteiger partial charge in [0.05, 0.1) is 0 Å². The molecule has 1 unspecified atom stereocenters. The molecule has 1 aromatic heterocycles. The van der Waals surface area contributed by atoms with Gasteiger partial charge in [0.1, 0.15) is 11.9 Å². The SMILES string of the molecule is Cc1nc(NC(=O)C(C)NC(=O)C(C)(C)C)n[nH]1. The van der Waals surface area contributed by atoms with E-state index in [2.05, 4.69) is 25.8 Å². The van der Waals surface area contributed by atoms with E-state index in [4.69, 9.17) is 0 Å². The molecule has 1 heterocycles. The van der Waals surface area contributed by atoms with Gasteiger partial charge in [-0.25, -0.2) is 0 Å². The average Bonchev–Trinajstić information content (AvgIpc) is 2.62. The van der Waals surface area contributed by atoms with Crippen molar-refractivity contribution in [3.05, 3.63) is 5.82 Å². The number of amides is 2. The Balaban J connectivity index is 2.54. The molecular weight excluding hydrogens is 234 g/mol. The molecule has 0 fully saturated rings. The number of nitrogens with zero attached hydrogens (tertiary/aromatic N) is 2. The highest BCUT2D eigenvalue weighted by atomic mass is 16.2. The topological polar surface area (TPSA) is 99.8 Å². The van der Waals surface area contributed by atoms with Crippen LogP contribution in [0.3, 0.4) is 0 Å². The van der Waals surface area contributed by atoms with Crippen molar-refractivity contribution in [1.29, 1.82) is 0 Å². The Morgan fingerprint density at radius 3 is 2.39 bits per heavy atom. The first-order valence-electron chi connectivity index (χ1n) is 5.71. The lowest BCUT2D eigenvalue weighted by molar-refractivity contribution is -0.131. The van der Waals surface area contributed by atoms with Gasteiger partial charge in [0.25, 0.3) is 0 Å². The first-order valence-corrected chi connectivity index (χ1v) is 5.71. The summed E-state index contributed by atoms with van der Waals surface area (Å²) >= 11 is 0. The summed E-state index contributed by atoms with van der Waals surface area (Å²) < 4.78 is 0. The zero-order chi connectivity index (χ0) is 13.9. The molecule has 0 aliphatic carbocycles. The quantitative estimate of drug-likeness (QED) is 0.734. The standard InChI is InChI=1S/C11H19N5O2/c1-6(12-9(18)11(3,4)5)8(17)14-10-13-7(2)15-16-10/h6H,1-5H3,(H,12,18)(H2,13,14,15,16,17). The molecule has 0 saturated carbocycles. The van der Waals surface area contributed by atoms with Crippen molar-refractivity contribution < 1.29 is 9.59 Å². The minimum Gasteiger partial charge on any atom is -0.344 e. The number of carbonyl (C=O) groups is 2. The smallest absolute Gasteiger partial charge is 0.249 e. The fraction of sp³-hybridized carbons (Fsp3) is 0.636. The molecule has 7 nitrogen and oxygen atoms in total. The summed E-state index contributed by atoms with van der Waals surface area (Å²) in [5.74, 6) is 0.272. The summed E-state index contributed by atoms with van der Waals surface area (Å²) in [4.78, 5) is 27.4. The maximum absolute atomic E-state index is 11.8. The van der Waals surface area contributed by atoms with Crippen LogP contribution in [0.1, 0.15) is 33.5 Å². The van der Waals surface area contributed by atoms with Gasteiger partial charge in [-0.2, -0.15) is 4.98 Å². The predicted octanol–water partition coefficient (Wildman–Crippen LogP) is 0.602. The molecule has 0 aliphatic rings. The third kappa shape index (κ3) is 3.83. The lowest BCUT2D eigenvalue weighted by Gasteiger charge is -2.20. The molecule has 0 spiro atoms. The second-order valence-electron chi connectivity index (χ2n) is 5.18. The van der Waals surface area contributed by atoms with Gasteiger partial charge in [-0.1, -0.05) is 20.8 Å². The molecule has 0 aromatic carbocycles. The number of aryl methyl sites for hydroxylation is 1. The maximum atomic E-state index is 11.8. The van der Waals surface area contributed by atoms with Crippen molar-refractivity contribution in [2.45, 2.75) is 40.7 Å². The second kappa shape index (κ2) is 5.16. The van der Waals surface area contributed by atoms with Gasteiger partial charge in [0.15, 0.2) is 0 Å². The van der Waals surface area contributed by atoms with Gasteiger partial charge >= 0.3 is 0 Å². The fourth-order valence-electron chi connectivity index (χ4n) is 1.10. The van der Waals surface area contributed by atoms with Crippen LogP contribution < -0.4 is 10.6 Å². The van der Waals surface area contributed by atoms with Crippen LogP contribution in [0.5, 0.6) is 0 Å². The zero-order valence-corrected chi connectivity index (χ0v) is 11.3. The van der Waals surface area contributed by atoms with Gasteiger partial charge in [0, 0.05) is 5.41 Å².